The number of halogens is 2. The van der Waals surface area contributed by atoms with Gasteiger partial charge in [0.15, 0.2) is 12.1 Å². The molecule has 5 heterocycles. The Hall–Kier alpha value is -3.06. The number of rotatable bonds is 5. The molecular formula is C26H30ClFN6O5. The van der Waals surface area contributed by atoms with Crippen LogP contribution in [0.15, 0.2) is 18.3 Å². The molecule has 3 aliphatic rings. The smallest absolute Gasteiger partial charge is 0.409 e. The number of hydrogen-bond acceptors (Lipinski definition) is 9. The lowest BCUT2D eigenvalue weighted by Crippen LogP contribution is -2.48. The largest absolute Gasteiger partial charge is 0.453 e. The number of nitrogens with one attached hydrogen (secondary N) is 1. The van der Waals surface area contributed by atoms with Crippen LogP contribution in [0.1, 0.15) is 44.5 Å². The van der Waals surface area contributed by atoms with Crippen molar-refractivity contribution in [2.75, 3.05) is 32.1 Å². The van der Waals surface area contributed by atoms with Gasteiger partial charge in [-0.3, -0.25) is 0 Å². The van der Waals surface area contributed by atoms with Gasteiger partial charge in [0.05, 0.1) is 48.3 Å². The number of ether oxygens (including phenoxy) is 3. The fraction of sp³-hybridized carbons (Fsp3) is 0.538. The Morgan fingerprint density at radius 1 is 1.33 bits per heavy atom. The molecule has 11 nitrogen and oxygen atoms in total. The van der Waals surface area contributed by atoms with E-state index in [0.29, 0.717) is 49.3 Å². The molecule has 1 aromatic carbocycles. The second-order valence-corrected chi connectivity index (χ2v) is 10.9. The lowest BCUT2D eigenvalue weighted by molar-refractivity contribution is -0.156. The maximum absolute atomic E-state index is 15.6. The minimum absolute atomic E-state index is 0.0162. The van der Waals surface area contributed by atoms with Gasteiger partial charge in [-0.05, 0) is 38.8 Å². The summed E-state index contributed by atoms with van der Waals surface area (Å²) in [6.45, 7) is 5.46. The minimum atomic E-state index is -0.884. The molecule has 0 radical (unpaired) electrons. The van der Waals surface area contributed by atoms with Crippen molar-refractivity contribution in [3.8, 4) is 11.3 Å². The summed E-state index contributed by atoms with van der Waals surface area (Å²) in [5.74, 6) is 0.435. The number of methoxy groups -OCH3 is 1. The third-order valence-electron chi connectivity index (χ3n) is 7.59. The zero-order valence-corrected chi connectivity index (χ0v) is 22.6. The van der Waals surface area contributed by atoms with Crippen molar-refractivity contribution in [3.63, 3.8) is 0 Å². The Labute approximate surface area is 229 Å². The number of fused-ring (bicyclic) bond motifs is 3. The van der Waals surface area contributed by atoms with E-state index in [2.05, 4.69) is 15.3 Å². The molecule has 13 heteroatoms. The molecule has 208 valence electrons. The van der Waals surface area contributed by atoms with Gasteiger partial charge in [0.1, 0.15) is 17.4 Å². The zero-order valence-electron chi connectivity index (χ0n) is 21.8. The second kappa shape index (κ2) is 10.2. The summed E-state index contributed by atoms with van der Waals surface area (Å²) in [5.41, 5.74) is 1.70. The van der Waals surface area contributed by atoms with Gasteiger partial charge in [0.25, 0.3) is 0 Å². The molecule has 6 rings (SSSR count). The van der Waals surface area contributed by atoms with Crippen molar-refractivity contribution in [1.29, 1.82) is 0 Å². The highest BCUT2D eigenvalue weighted by Crippen LogP contribution is 2.36. The van der Waals surface area contributed by atoms with Gasteiger partial charge in [-0.1, -0.05) is 11.6 Å². The predicted molar refractivity (Wildman–Crippen MR) is 140 cm³/mol. The molecule has 0 aliphatic carbocycles. The van der Waals surface area contributed by atoms with Gasteiger partial charge < -0.3 is 34.1 Å². The standard InChI is InChI=1S/C26H30ClFN6O5/c1-12(2)34-19-7-14(6-17(28)21(19)31-23(34)13-4-5-33(10-13)26(36)37-3)20-16(27)9-29-25(32-20)30-18-8-15-11-38-24(39-15)22(18)35/h6-7,9,12-13,15,18,22,24,35H,4-5,8,10-11H2,1-3H3,(H,29,30,32)/t13-,15-,18?,22+,24+/m1/s1. The molecule has 2 bridgehead atoms. The third-order valence-corrected chi connectivity index (χ3v) is 7.87. The number of amides is 1. The Morgan fingerprint density at radius 3 is 2.92 bits per heavy atom. The van der Waals surface area contributed by atoms with Crippen LogP contribution in [-0.4, -0.2) is 87.0 Å². The van der Waals surface area contributed by atoms with E-state index in [0.717, 1.165) is 5.82 Å². The van der Waals surface area contributed by atoms with Gasteiger partial charge in [0, 0.05) is 30.6 Å². The number of carbonyl (C=O) groups excluding carboxylic acids is 1. The highest BCUT2D eigenvalue weighted by molar-refractivity contribution is 6.33. The van der Waals surface area contributed by atoms with Crippen molar-refractivity contribution < 1.29 is 28.5 Å². The predicted octanol–water partition coefficient (Wildman–Crippen LogP) is 3.71. The summed E-state index contributed by atoms with van der Waals surface area (Å²) in [5, 5.41) is 14.0. The van der Waals surface area contributed by atoms with Crippen molar-refractivity contribution in [3.05, 3.63) is 35.0 Å². The van der Waals surface area contributed by atoms with Crippen molar-refractivity contribution in [2.24, 2.45) is 0 Å². The van der Waals surface area contributed by atoms with Crippen molar-refractivity contribution in [2.45, 2.75) is 63.2 Å². The minimum Gasteiger partial charge on any atom is -0.453 e. The Balaban J connectivity index is 1.35. The summed E-state index contributed by atoms with van der Waals surface area (Å²) < 4.78 is 33.5. The van der Waals surface area contributed by atoms with Crippen LogP contribution in [0.3, 0.4) is 0 Å². The number of imidazole rings is 1. The summed E-state index contributed by atoms with van der Waals surface area (Å²) in [6, 6.07) is 2.81. The number of aromatic nitrogens is 4. The molecular weight excluding hydrogens is 531 g/mol. The monoisotopic (exact) mass is 560 g/mol. The number of aliphatic hydroxyl groups excluding tert-OH is 1. The Kier molecular flexibility index (Phi) is 6.82. The lowest BCUT2D eigenvalue weighted by Gasteiger charge is -2.32. The first kappa shape index (κ1) is 26.2. The number of anilines is 1. The maximum Gasteiger partial charge on any atom is 0.409 e. The van der Waals surface area contributed by atoms with E-state index >= 15 is 4.39 Å². The summed E-state index contributed by atoms with van der Waals surface area (Å²) in [4.78, 5) is 27.2. The molecule has 0 saturated carbocycles. The highest BCUT2D eigenvalue weighted by atomic mass is 35.5. The van der Waals surface area contributed by atoms with E-state index in [-0.39, 0.29) is 46.7 Å². The van der Waals surface area contributed by atoms with Crippen molar-refractivity contribution >= 4 is 34.7 Å². The van der Waals surface area contributed by atoms with E-state index in [9.17, 15) is 9.90 Å². The number of nitrogens with zero attached hydrogens (tertiary/aromatic N) is 5. The molecule has 39 heavy (non-hydrogen) atoms. The average Bonchev–Trinajstić information content (AvgIpc) is 3.65. The van der Waals surface area contributed by atoms with Gasteiger partial charge >= 0.3 is 6.09 Å². The number of hydrogen-bond donors (Lipinski definition) is 2. The molecule has 3 aromatic rings. The van der Waals surface area contributed by atoms with E-state index in [1.54, 1.807) is 4.90 Å². The average molecular weight is 561 g/mol. The van der Waals surface area contributed by atoms with E-state index in [1.807, 2.05) is 24.5 Å². The quantitative estimate of drug-likeness (QED) is 0.480. The number of aliphatic hydroxyl groups is 1. The SMILES string of the molecule is COC(=O)N1CC[C@@H](c2nc3c(F)cc(-c4nc(NC5C[C@@H]6CO[C@@H](O6)[C@H]5O)ncc4Cl)cc3n2C(C)C)C1. The Bertz CT molecular complexity index is 1420. The number of benzene rings is 1. The van der Waals surface area contributed by atoms with Crippen LogP contribution in [0.5, 0.6) is 0 Å². The molecule has 0 spiro atoms. The lowest BCUT2D eigenvalue weighted by atomic mass is 10.0. The van der Waals surface area contributed by atoms with Gasteiger partial charge in [0.2, 0.25) is 5.95 Å². The number of carbonyl (C=O) groups is 1. The van der Waals surface area contributed by atoms with Crippen LogP contribution in [-0.2, 0) is 14.2 Å². The first-order valence-corrected chi connectivity index (χ1v) is 13.4. The van der Waals surface area contributed by atoms with E-state index < -0.39 is 18.2 Å². The summed E-state index contributed by atoms with van der Waals surface area (Å²) in [6.07, 6.45) is 0.635. The zero-order chi connectivity index (χ0) is 27.4. The third kappa shape index (κ3) is 4.69. The highest BCUT2D eigenvalue weighted by Gasteiger charge is 2.43. The Morgan fingerprint density at radius 2 is 2.15 bits per heavy atom. The fourth-order valence-corrected chi connectivity index (χ4v) is 5.94. The molecule has 3 saturated heterocycles. The summed E-state index contributed by atoms with van der Waals surface area (Å²) in [7, 11) is 1.36. The summed E-state index contributed by atoms with van der Waals surface area (Å²) >= 11 is 6.50. The molecule has 1 amide bonds. The van der Waals surface area contributed by atoms with Crippen LogP contribution in [0.4, 0.5) is 15.1 Å². The first-order chi connectivity index (χ1) is 18.7. The molecule has 2 N–H and O–H groups in total. The van der Waals surface area contributed by atoms with Gasteiger partial charge in [-0.25, -0.2) is 24.1 Å². The van der Waals surface area contributed by atoms with E-state index in [1.165, 1.54) is 19.4 Å². The molecule has 3 aliphatic heterocycles. The van der Waals surface area contributed by atoms with Gasteiger partial charge in [-0.15, -0.1) is 0 Å². The molecule has 1 unspecified atom stereocenters. The van der Waals surface area contributed by atoms with E-state index in [4.69, 9.17) is 30.8 Å². The number of likely N-dealkylation sites (tertiary alicyclic amines) is 1. The first-order valence-electron chi connectivity index (χ1n) is 13.0. The fourth-order valence-electron chi connectivity index (χ4n) is 5.74. The van der Waals surface area contributed by atoms with Crippen LogP contribution < -0.4 is 5.32 Å². The normalized spacial score (nSPS) is 26.5. The van der Waals surface area contributed by atoms with Crippen LogP contribution in [0, 0.1) is 5.82 Å². The molecule has 2 aromatic heterocycles. The van der Waals surface area contributed by atoms with Crippen molar-refractivity contribution in [1.82, 2.24) is 24.4 Å². The van der Waals surface area contributed by atoms with Crippen LogP contribution in [0.25, 0.3) is 22.3 Å². The van der Waals surface area contributed by atoms with Crippen LogP contribution >= 0.6 is 11.6 Å². The molecule has 5 atom stereocenters. The molecule has 3 fully saturated rings. The second-order valence-electron chi connectivity index (χ2n) is 10.5. The maximum atomic E-state index is 15.6. The topological polar surface area (TPSA) is 124 Å². The van der Waals surface area contributed by atoms with Crippen LogP contribution in [0.2, 0.25) is 5.02 Å². The van der Waals surface area contributed by atoms with Gasteiger partial charge in [-0.2, -0.15) is 0 Å².